The van der Waals surface area contributed by atoms with Crippen molar-refractivity contribution >= 4 is 39.9 Å². The summed E-state index contributed by atoms with van der Waals surface area (Å²) >= 11 is 0. The lowest BCUT2D eigenvalue weighted by atomic mass is 10.2. The van der Waals surface area contributed by atoms with E-state index >= 15 is 0 Å². The molecule has 0 unspecified atom stereocenters. The molecule has 0 radical (unpaired) electrons. The molecule has 4 aromatic rings. The van der Waals surface area contributed by atoms with Crippen molar-refractivity contribution in [1.29, 1.82) is 0 Å². The maximum atomic E-state index is 12.9. The Labute approximate surface area is 173 Å². The first-order valence-corrected chi connectivity index (χ1v) is 9.92. The molecule has 0 bridgehead atoms. The number of hydrogen-bond acceptors (Lipinski definition) is 5. The number of ether oxygens (including phenoxy) is 1. The lowest BCUT2D eigenvalue weighted by Gasteiger charge is -2.12. The molecule has 0 aliphatic rings. The molecule has 1 amide bonds. The van der Waals surface area contributed by atoms with E-state index in [2.05, 4.69) is 5.32 Å². The summed E-state index contributed by atoms with van der Waals surface area (Å²) in [6, 6.07) is 17.3. The minimum atomic E-state index is -0.537. The van der Waals surface area contributed by atoms with Crippen molar-refractivity contribution in [3.63, 3.8) is 0 Å². The smallest absolute Gasteiger partial charge is 0.344 e. The average Bonchev–Trinajstić information content (AvgIpc) is 3.05. The summed E-state index contributed by atoms with van der Waals surface area (Å²) in [5, 5.41) is 2.88. The van der Waals surface area contributed by atoms with Crippen molar-refractivity contribution in [2.45, 2.75) is 26.8 Å². The van der Waals surface area contributed by atoms with Crippen molar-refractivity contribution < 1.29 is 14.3 Å². The van der Waals surface area contributed by atoms with Crippen LogP contribution in [0.5, 0.6) is 0 Å². The number of hydrogen-bond donors (Lipinski definition) is 1. The predicted molar refractivity (Wildman–Crippen MR) is 115 cm³/mol. The topological polar surface area (TPSA) is 86.1 Å². The summed E-state index contributed by atoms with van der Waals surface area (Å²) in [6.07, 6.45) is 0.276. The van der Waals surface area contributed by atoms with Crippen molar-refractivity contribution in [2.75, 3.05) is 11.9 Å². The minimum Gasteiger partial charge on any atom is -0.462 e. The molecule has 0 saturated carbocycles. The molecule has 7 heteroatoms. The average molecular weight is 402 g/mol. The highest BCUT2D eigenvalue weighted by Gasteiger charge is 2.27. The van der Waals surface area contributed by atoms with Gasteiger partial charge in [0.1, 0.15) is 16.9 Å². The number of carbonyl (C=O) groups is 2. The lowest BCUT2D eigenvalue weighted by Crippen LogP contribution is -2.17. The van der Waals surface area contributed by atoms with Gasteiger partial charge >= 0.3 is 5.97 Å². The van der Waals surface area contributed by atoms with E-state index in [9.17, 15) is 9.59 Å². The second kappa shape index (κ2) is 8.32. The summed E-state index contributed by atoms with van der Waals surface area (Å²) in [5.74, 6) is -0.387. The van der Waals surface area contributed by atoms with Crippen LogP contribution >= 0.6 is 0 Å². The normalized spacial score (nSPS) is 11.0. The maximum absolute atomic E-state index is 12.9. The Hall–Kier alpha value is -3.74. The van der Waals surface area contributed by atoms with Gasteiger partial charge in [-0.1, -0.05) is 49.4 Å². The number of anilines is 1. The van der Waals surface area contributed by atoms with E-state index in [-0.39, 0.29) is 24.5 Å². The Balaban J connectivity index is 2.03. The van der Waals surface area contributed by atoms with E-state index in [4.69, 9.17) is 14.7 Å². The molecule has 4 rings (SSSR count). The van der Waals surface area contributed by atoms with E-state index < -0.39 is 5.97 Å². The van der Waals surface area contributed by atoms with E-state index in [0.717, 1.165) is 5.56 Å². The summed E-state index contributed by atoms with van der Waals surface area (Å²) < 4.78 is 7.12. The van der Waals surface area contributed by atoms with Gasteiger partial charge in [-0.25, -0.2) is 14.8 Å². The summed E-state index contributed by atoms with van der Waals surface area (Å²) in [6.45, 7) is 4.14. The number of nitrogens with zero attached hydrogens (tertiary/aromatic N) is 3. The molecule has 1 N–H and O–H groups in total. The van der Waals surface area contributed by atoms with E-state index in [1.807, 2.05) is 59.2 Å². The first-order valence-electron chi connectivity index (χ1n) is 9.92. The molecule has 2 aromatic carbocycles. The Morgan fingerprint density at radius 2 is 1.63 bits per heavy atom. The Morgan fingerprint density at radius 3 is 2.30 bits per heavy atom. The van der Waals surface area contributed by atoms with Crippen molar-refractivity contribution in [2.24, 2.45) is 0 Å². The van der Waals surface area contributed by atoms with Gasteiger partial charge in [-0.05, 0) is 24.6 Å². The van der Waals surface area contributed by atoms with Gasteiger partial charge < -0.3 is 14.6 Å². The summed E-state index contributed by atoms with van der Waals surface area (Å²) in [4.78, 5) is 34.7. The maximum Gasteiger partial charge on any atom is 0.344 e. The Bertz CT molecular complexity index is 1230. The van der Waals surface area contributed by atoms with Crippen LogP contribution in [0, 0.1) is 0 Å². The number of carbonyl (C=O) groups excluding carboxylic acids is 2. The molecule has 7 nitrogen and oxygen atoms in total. The van der Waals surface area contributed by atoms with Gasteiger partial charge in [0.05, 0.1) is 24.2 Å². The molecule has 30 heavy (non-hydrogen) atoms. The molecule has 0 atom stereocenters. The SMILES string of the molecule is CCOC(=O)c1c(NC(=O)CC)n(Cc2ccccc2)c2nc3ccccc3nc12. The van der Waals surface area contributed by atoms with Gasteiger partial charge in [0, 0.05) is 6.42 Å². The highest BCUT2D eigenvalue weighted by molar-refractivity contribution is 6.11. The van der Waals surface area contributed by atoms with Crippen LogP contribution in [0.2, 0.25) is 0 Å². The number of aromatic nitrogens is 3. The standard InChI is InChI=1S/C23H22N4O3/c1-3-18(28)26-21-19(23(29)30-4-2)20-22(25-17-13-9-8-12-16(17)24-20)27(21)14-15-10-6-5-7-11-15/h5-13H,3-4,14H2,1-2H3,(H,26,28). The largest absolute Gasteiger partial charge is 0.462 e. The van der Waals surface area contributed by atoms with Crippen LogP contribution in [-0.4, -0.2) is 33.0 Å². The zero-order valence-corrected chi connectivity index (χ0v) is 16.9. The predicted octanol–water partition coefficient (Wildman–Crippen LogP) is 4.16. The monoisotopic (exact) mass is 402 g/mol. The second-order valence-corrected chi connectivity index (χ2v) is 6.80. The number of amides is 1. The third-order valence-electron chi connectivity index (χ3n) is 4.79. The molecule has 152 valence electrons. The van der Waals surface area contributed by atoms with Crippen LogP contribution < -0.4 is 5.32 Å². The number of esters is 1. The number of fused-ring (bicyclic) bond motifs is 2. The van der Waals surface area contributed by atoms with Crippen LogP contribution in [0.3, 0.4) is 0 Å². The summed E-state index contributed by atoms with van der Waals surface area (Å²) in [7, 11) is 0. The number of rotatable bonds is 6. The summed E-state index contributed by atoms with van der Waals surface area (Å²) in [5.41, 5.74) is 3.54. The number of benzene rings is 2. The molecule has 0 aliphatic carbocycles. The molecule has 0 saturated heterocycles. The molecular weight excluding hydrogens is 380 g/mol. The van der Waals surface area contributed by atoms with Crippen LogP contribution in [0.4, 0.5) is 5.82 Å². The van der Waals surface area contributed by atoms with Gasteiger partial charge in [-0.2, -0.15) is 0 Å². The van der Waals surface area contributed by atoms with E-state index in [1.54, 1.807) is 13.8 Å². The zero-order valence-electron chi connectivity index (χ0n) is 16.9. The zero-order chi connectivity index (χ0) is 21.1. The van der Waals surface area contributed by atoms with Gasteiger partial charge in [0.15, 0.2) is 5.65 Å². The fourth-order valence-electron chi connectivity index (χ4n) is 3.37. The lowest BCUT2D eigenvalue weighted by molar-refractivity contribution is -0.115. The Kier molecular flexibility index (Phi) is 5.43. The molecule has 2 aromatic heterocycles. The molecule has 0 aliphatic heterocycles. The van der Waals surface area contributed by atoms with Crippen LogP contribution in [-0.2, 0) is 16.1 Å². The van der Waals surface area contributed by atoms with Crippen LogP contribution in [0.25, 0.3) is 22.2 Å². The van der Waals surface area contributed by atoms with Crippen molar-refractivity contribution in [1.82, 2.24) is 14.5 Å². The fourth-order valence-corrected chi connectivity index (χ4v) is 3.37. The number of nitrogens with one attached hydrogen (secondary N) is 1. The number of para-hydroxylation sites is 2. The fraction of sp³-hybridized carbons (Fsp3) is 0.217. The highest BCUT2D eigenvalue weighted by atomic mass is 16.5. The molecule has 0 fully saturated rings. The van der Waals surface area contributed by atoms with E-state index in [0.29, 0.717) is 34.6 Å². The van der Waals surface area contributed by atoms with E-state index in [1.165, 1.54) is 0 Å². The van der Waals surface area contributed by atoms with Gasteiger partial charge in [-0.3, -0.25) is 4.79 Å². The van der Waals surface area contributed by atoms with Crippen molar-refractivity contribution in [3.8, 4) is 0 Å². The third kappa shape index (κ3) is 3.61. The van der Waals surface area contributed by atoms with Crippen LogP contribution in [0.1, 0.15) is 36.2 Å². The molecule has 0 spiro atoms. The van der Waals surface area contributed by atoms with Gasteiger partial charge in [0.2, 0.25) is 5.91 Å². The third-order valence-corrected chi connectivity index (χ3v) is 4.79. The Morgan fingerprint density at radius 1 is 0.967 bits per heavy atom. The first kappa shape index (κ1) is 19.6. The van der Waals surface area contributed by atoms with Crippen LogP contribution in [0.15, 0.2) is 54.6 Å². The van der Waals surface area contributed by atoms with Crippen molar-refractivity contribution in [3.05, 3.63) is 65.7 Å². The first-order chi connectivity index (χ1) is 14.6. The molecule has 2 heterocycles. The quantitative estimate of drug-likeness (QED) is 0.490. The van der Waals surface area contributed by atoms with Gasteiger partial charge in [-0.15, -0.1) is 0 Å². The highest BCUT2D eigenvalue weighted by Crippen LogP contribution is 2.31. The molecular formula is C23H22N4O3. The van der Waals surface area contributed by atoms with Gasteiger partial charge in [0.25, 0.3) is 0 Å². The minimum absolute atomic E-state index is 0.206. The second-order valence-electron chi connectivity index (χ2n) is 6.80.